The number of aromatic hydroxyl groups is 1. The molecule has 30 nitrogen and oxygen atoms in total. The molecule has 19 rings (SSSR count). The Morgan fingerprint density at radius 2 is 0.787 bits per heavy atom. The number of imidazole rings is 3. The van der Waals surface area contributed by atoms with Crippen molar-refractivity contribution in [3.8, 4) is 51.0 Å². The van der Waals surface area contributed by atoms with Crippen LogP contribution < -0.4 is 42.5 Å². The van der Waals surface area contributed by atoms with E-state index >= 15 is 0 Å². The Morgan fingerprint density at radius 1 is 0.404 bits per heavy atom. The molecule has 0 saturated carbocycles. The number of methoxy groups -OCH3 is 1. The molecule has 0 spiro atoms. The lowest BCUT2D eigenvalue weighted by molar-refractivity contribution is -0.0684. The van der Waals surface area contributed by atoms with E-state index in [0.717, 1.165) is 235 Å². The third kappa shape index (κ3) is 26.3. The van der Waals surface area contributed by atoms with Gasteiger partial charge in [-0.25, -0.2) is 28.8 Å². The molecule has 10 aliphatic rings. The Hall–Kier alpha value is -9.96. The Labute approximate surface area is 815 Å². The average Bonchev–Trinajstić information content (AvgIpc) is 1.51. The number of fused-ring (bicyclic) bond motifs is 3. The molecule has 7 saturated heterocycles. The zero-order valence-electron chi connectivity index (χ0n) is 81.5. The van der Waals surface area contributed by atoms with Crippen LogP contribution in [0.2, 0.25) is 15.1 Å². The van der Waals surface area contributed by atoms with Gasteiger partial charge in [0.15, 0.2) is 6.29 Å². The fraction of sp³-hybridized carbons (Fsp3) is 0.544. The van der Waals surface area contributed by atoms with Gasteiger partial charge in [0.2, 0.25) is 0 Å². The van der Waals surface area contributed by atoms with Crippen LogP contribution in [0.15, 0.2) is 155 Å². The van der Waals surface area contributed by atoms with Crippen LogP contribution in [0.4, 0.5) is 31.4 Å². The highest BCUT2D eigenvalue weighted by atomic mass is 35.5. The van der Waals surface area contributed by atoms with Crippen molar-refractivity contribution >= 4 is 70.0 Å². The maximum absolute atomic E-state index is 12.6. The summed E-state index contributed by atoms with van der Waals surface area (Å²) in [5, 5.41) is 20.2. The SMILES string of the molecule is CC(C)N1CCC(N2Cc3cc(O)ccc3NC2=O)CC1.CC(C)N1CCC(N2Cc3cc(OCC4OCCO4)ccc3NC2=O)CC1.CC(C)N1CCC(N2Cc3cnccc3NC2=O)CC1.CC(C)N1CCC(n2cc(-c3ccc(Cl)c(Cl)c3)[nH]c2=O)CC1.CC(C)N1CCC(n2cc(-c3cccc(Cl)c3)[nH]c2=O)CC1.COc1ccccc1-c1cn(C2CCN(C(C)C)CC2)c(=O)[nH]1. The lowest BCUT2D eigenvalue weighted by atomic mass is 10.00. The summed E-state index contributed by atoms with van der Waals surface area (Å²) in [7, 11) is 1.65. The van der Waals surface area contributed by atoms with E-state index in [2.05, 4.69) is 148 Å². The molecule has 5 aromatic carbocycles. The Balaban J connectivity index is 0.000000131. The summed E-state index contributed by atoms with van der Waals surface area (Å²) >= 11 is 18.1. The van der Waals surface area contributed by atoms with Crippen LogP contribution in [0.25, 0.3) is 33.8 Å². The smallest absolute Gasteiger partial charge is 0.326 e. The molecule has 0 bridgehead atoms. The molecule has 7 N–H and O–H groups in total. The average molecular weight is 1930 g/mol. The number of para-hydroxylation sites is 1. The Morgan fingerprint density at radius 3 is 1.21 bits per heavy atom. The van der Waals surface area contributed by atoms with E-state index in [1.807, 2.05) is 132 Å². The summed E-state index contributed by atoms with van der Waals surface area (Å²) in [6.07, 6.45) is 21.3. The molecular weight excluding hydrogens is 1790 g/mol. The van der Waals surface area contributed by atoms with Gasteiger partial charge in [-0.3, -0.25) is 18.7 Å². The molecule has 0 atom stereocenters. The molecule has 0 unspecified atom stereocenters. The molecule has 10 aliphatic heterocycles. The predicted octanol–water partition coefficient (Wildman–Crippen LogP) is 18.2. The number of hydrogen-bond acceptors (Lipinski definition) is 18. The van der Waals surface area contributed by atoms with Crippen molar-refractivity contribution in [1.82, 2.24) is 77.7 Å². The number of H-pyrrole nitrogens is 3. The van der Waals surface area contributed by atoms with Crippen LogP contribution in [-0.2, 0) is 29.1 Å². The van der Waals surface area contributed by atoms with Gasteiger partial charge in [0, 0.05) is 234 Å². The number of phenolic OH excluding ortho intramolecular Hbond substituents is 1. The van der Waals surface area contributed by atoms with Crippen molar-refractivity contribution in [2.24, 2.45) is 0 Å². The van der Waals surface area contributed by atoms with Gasteiger partial charge in [-0.05, 0) is 250 Å². The van der Waals surface area contributed by atoms with E-state index in [0.29, 0.717) is 96.8 Å². The number of carbonyl (C=O) groups is 3. The number of anilines is 3. The highest BCUT2D eigenvalue weighted by Crippen LogP contribution is 2.38. The number of amides is 6. The number of carbonyl (C=O) groups excluding carboxylic acids is 3. The van der Waals surface area contributed by atoms with E-state index in [1.165, 1.54) is 0 Å². The maximum atomic E-state index is 12.6. The summed E-state index contributed by atoms with van der Waals surface area (Å²) in [4.78, 5) is 108. The lowest BCUT2D eigenvalue weighted by Crippen LogP contribution is -2.51. The molecule has 7 fully saturated rings. The number of nitrogens with one attached hydrogen (secondary N) is 6. The molecule has 0 radical (unpaired) electrons. The fourth-order valence-corrected chi connectivity index (χ4v) is 20.6. The summed E-state index contributed by atoms with van der Waals surface area (Å²) in [5.41, 5.74) is 10.8. The van der Waals surface area contributed by atoms with Gasteiger partial charge in [0.1, 0.15) is 23.9 Å². The second kappa shape index (κ2) is 47.6. The van der Waals surface area contributed by atoms with E-state index in [4.69, 9.17) is 53.8 Å². The summed E-state index contributed by atoms with van der Waals surface area (Å²) in [6, 6.07) is 38.7. The van der Waals surface area contributed by atoms with Gasteiger partial charge < -0.3 is 99.1 Å². The monoisotopic (exact) mass is 1930 g/mol. The van der Waals surface area contributed by atoms with Crippen LogP contribution in [0.5, 0.6) is 17.2 Å². The van der Waals surface area contributed by atoms with Gasteiger partial charge in [-0.2, -0.15) is 0 Å². The van der Waals surface area contributed by atoms with Crippen molar-refractivity contribution in [2.75, 3.05) is 121 Å². The van der Waals surface area contributed by atoms with Crippen molar-refractivity contribution < 1.29 is 38.4 Å². The summed E-state index contributed by atoms with van der Waals surface area (Å²) < 4.78 is 27.6. The number of rotatable bonds is 19. The molecule has 0 aliphatic carbocycles. The fourth-order valence-electron chi connectivity index (χ4n) is 20.1. The Kier molecular flexibility index (Phi) is 35.7. The Bertz CT molecular complexity index is 5600. The standard InChI is InChI=1S/C20H29N3O4.C18H25N3O2.C17H21Cl2N3O.C17H22ClN3O.C16H23N3O2.C15H22N4O/c1-14(2)22-7-5-16(6-8-22)23-12-15-11-17(3-4-18(15)21-20(23)24)27-13-19-25-9-10-26-19;1-13(2)20-10-8-14(9-11-20)21-12-16(19-18(21)22)15-6-4-5-7-17(15)23-3;1-11(2)21-7-5-13(6-8-21)22-10-16(20-17(22)23)12-3-4-14(18)15(19)9-12;1-12(2)20-8-6-15(7-9-20)21-11-16(19-17(21)22)13-4-3-5-14(18)10-13;1-11(2)18-7-5-13(6-8-18)19-10-12-9-14(20)3-4-15(12)17-16(19)21;1-11(2)18-7-4-13(5-8-18)19-10-12-9-16-6-3-14(12)17-15(19)20/h3-4,11,14,16,19H,5-10,12-13H2,1-2H3,(H,21,24);4-7,12-14H,8-11H2,1-3H3,(H,19,22);3-4,9-11,13H,5-8H2,1-2H3,(H,20,23);3-5,10-12,15H,6-9H2,1-2H3,(H,19,22);3-4,9,11,13,20H,5-8,10H2,1-2H3,(H,17,21);3,6,9,11,13H,4-5,7-8,10H2,1-2H3,(H,17,20). The third-order valence-electron chi connectivity index (χ3n) is 28.6. The molecule has 33 heteroatoms. The normalized spacial score (nSPS) is 19.2. The number of urea groups is 3. The number of ether oxygens (including phenoxy) is 4. The first-order valence-corrected chi connectivity index (χ1v) is 50.2. The zero-order valence-corrected chi connectivity index (χ0v) is 83.7. The van der Waals surface area contributed by atoms with E-state index in [-0.39, 0.29) is 77.4 Å². The van der Waals surface area contributed by atoms with Gasteiger partial charge in [-0.15, -0.1) is 0 Å². The topological polar surface area (TPSA) is 300 Å². The first-order chi connectivity index (χ1) is 65.4. The van der Waals surface area contributed by atoms with Gasteiger partial charge in [0.25, 0.3) is 0 Å². The van der Waals surface area contributed by atoms with E-state index in [1.54, 1.807) is 43.6 Å². The van der Waals surface area contributed by atoms with Crippen LogP contribution in [-0.4, -0.2) is 267 Å². The number of hydrogen-bond donors (Lipinski definition) is 7. The second-order valence-corrected chi connectivity index (χ2v) is 40.2. The highest BCUT2D eigenvalue weighted by Gasteiger charge is 2.38. The van der Waals surface area contributed by atoms with Gasteiger partial charge >= 0.3 is 35.2 Å². The number of aromatic amines is 3. The maximum Gasteiger partial charge on any atom is 0.326 e. The number of piperidine rings is 6. The van der Waals surface area contributed by atoms with Gasteiger partial charge in [0.05, 0.1) is 59.7 Å². The predicted molar refractivity (Wildman–Crippen MR) is 541 cm³/mol. The number of phenols is 1. The van der Waals surface area contributed by atoms with Crippen LogP contribution in [0.3, 0.4) is 0 Å². The van der Waals surface area contributed by atoms with Gasteiger partial charge in [-0.1, -0.05) is 65.1 Å². The first-order valence-electron chi connectivity index (χ1n) is 49.1. The molecule has 14 heterocycles. The first kappa shape index (κ1) is 102. The number of aromatic nitrogens is 7. The minimum absolute atomic E-state index is 0.00641. The number of likely N-dealkylation sites (tertiary alicyclic amines) is 6. The molecule has 736 valence electrons. The molecular formula is C103H142Cl3N19O11. The highest BCUT2D eigenvalue weighted by molar-refractivity contribution is 6.42. The van der Waals surface area contributed by atoms with Crippen molar-refractivity contribution in [2.45, 2.75) is 259 Å². The quantitative estimate of drug-likeness (QED) is 0.0370. The molecule has 4 aromatic heterocycles. The summed E-state index contributed by atoms with van der Waals surface area (Å²) in [5.74, 6) is 1.80. The largest absolute Gasteiger partial charge is 0.508 e. The number of benzene rings is 5. The van der Waals surface area contributed by atoms with E-state index < -0.39 is 0 Å². The molecule has 9 aromatic rings. The molecule has 136 heavy (non-hydrogen) atoms. The number of nitrogens with zero attached hydrogens (tertiary/aromatic N) is 13. The van der Waals surface area contributed by atoms with Crippen molar-refractivity contribution in [3.05, 3.63) is 203 Å². The number of pyridine rings is 1. The molecule has 6 amide bonds. The third-order valence-corrected chi connectivity index (χ3v) is 29.5. The second-order valence-electron chi connectivity index (χ2n) is 39.0. The zero-order chi connectivity index (χ0) is 96.5. The van der Waals surface area contributed by atoms with Crippen molar-refractivity contribution in [1.29, 1.82) is 0 Å². The van der Waals surface area contributed by atoms with Crippen LogP contribution in [0, 0.1) is 0 Å². The lowest BCUT2D eigenvalue weighted by Gasteiger charge is -2.41. The number of halogens is 3. The van der Waals surface area contributed by atoms with Crippen LogP contribution >= 0.6 is 34.8 Å². The minimum atomic E-state index is -0.289. The van der Waals surface area contributed by atoms with E-state index in [9.17, 15) is 33.9 Å². The van der Waals surface area contributed by atoms with Crippen LogP contribution in [0.1, 0.15) is 195 Å². The minimum Gasteiger partial charge on any atom is -0.508 e. The van der Waals surface area contributed by atoms with Crippen molar-refractivity contribution in [3.63, 3.8) is 0 Å². The summed E-state index contributed by atoms with van der Waals surface area (Å²) in [6.45, 7) is 42.8.